The van der Waals surface area contributed by atoms with Crippen molar-refractivity contribution in [2.75, 3.05) is 24.3 Å². The van der Waals surface area contributed by atoms with E-state index in [1.54, 1.807) is 7.05 Å². The van der Waals surface area contributed by atoms with Gasteiger partial charge in [0.15, 0.2) is 0 Å². The molecule has 0 heterocycles. The lowest BCUT2D eigenvalue weighted by Crippen LogP contribution is -2.20. The van der Waals surface area contributed by atoms with Crippen LogP contribution < -0.4 is 10.6 Å². The number of amides is 1. The van der Waals surface area contributed by atoms with Crippen LogP contribution >= 0.6 is 0 Å². The summed E-state index contributed by atoms with van der Waals surface area (Å²) in [5.74, 6) is -0.715. The van der Waals surface area contributed by atoms with Crippen molar-refractivity contribution in [1.29, 1.82) is 0 Å². The second kappa shape index (κ2) is 12.5. The molecular formula is C25H38N2O5. The Morgan fingerprint density at radius 1 is 0.906 bits per heavy atom. The molecule has 1 fully saturated rings. The van der Waals surface area contributed by atoms with Crippen LogP contribution in [0.5, 0.6) is 0 Å². The summed E-state index contributed by atoms with van der Waals surface area (Å²) in [7, 11) is 1.79. The van der Waals surface area contributed by atoms with Crippen LogP contribution in [0.2, 0.25) is 0 Å². The Kier molecular flexibility index (Phi) is 10.0. The van der Waals surface area contributed by atoms with Gasteiger partial charge in [0.2, 0.25) is 5.91 Å². The van der Waals surface area contributed by atoms with Crippen LogP contribution in [0.1, 0.15) is 91.8 Å². The van der Waals surface area contributed by atoms with Gasteiger partial charge in [-0.25, -0.2) is 4.79 Å². The molecule has 178 valence electrons. The highest BCUT2D eigenvalue weighted by Crippen LogP contribution is 2.35. The van der Waals surface area contributed by atoms with Crippen molar-refractivity contribution < 1.29 is 23.9 Å². The summed E-state index contributed by atoms with van der Waals surface area (Å²) in [6.07, 6.45) is 8.20. The predicted octanol–water partition coefficient (Wildman–Crippen LogP) is 5.21. The Morgan fingerprint density at radius 3 is 2.19 bits per heavy atom. The number of rotatable bonds is 10. The van der Waals surface area contributed by atoms with E-state index in [0.717, 1.165) is 55.3 Å². The van der Waals surface area contributed by atoms with Crippen molar-refractivity contribution in [3.05, 3.63) is 22.3 Å². The van der Waals surface area contributed by atoms with Gasteiger partial charge in [0.25, 0.3) is 0 Å². The first-order valence-corrected chi connectivity index (χ1v) is 11.7. The number of nitrogens with one attached hydrogen (secondary N) is 2. The van der Waals surface area contributed by atoms with E-state index in [0.29, 0.717) is 29.7 Å². The fourth-order valence-corrected chi connectivity index (χ4v) is 4.48. The fourth-order valence-electron chi connectivity index (χ4n) is 4.48. The van der Waals surface area contributed by atoms with Gasteiger partial charge in [-0.1, -0.05) is 6.42 Å². The number of carbonyl (C=O) groups is 3. The summed E-state index contributed by atoms with van der Waals surface area (Å²) in [6.45, 7) is 7.33. The molecule has 7 nitrogen and oxygen atoms in total. The van der Waals surface area contributed by atoms with Crippen molar-refractivity contribution in [2.45, 2.75) is 91.6 Å². The first-order valence-electron chi connectivity index (χ1n) is 11.7. The number of unbranched alkanes of at least 4 members (excludes halogenated alkanes) is 2. The number of ether oxygens (including phenoxy) is 2. The first-order chi connectivity index (χ1) is 15.3. The molecule has 2 N–H and O–H groups in total. The maximum atomic E-state index is 12.8. The molecule has 32 heavy (non-hydrogen) atoms. The van der Waals surface area contributed by atoms with E-state index in [1.165, 1.54) is 13.3 Å². The molecular weight excluding hydrogens is 408 g/mol. The topological polar surface area (TPSA) is 93.7 Å². The number of esters is 2. The highest BCUT2D eigenvalue weighted by Gasteiger charge is 2.23. The third kappa shape index (κ3) is 6.97. The summed E-state index contributed by atoms with van der Waals surface area (Å²) < 4.78 is 11.1. The van der Waals surface area contributed by atoms with Crippen LogP contribution in [0.25, 0.3) is 0 Å². The Hall–Kier alpha value is -2.57. The van der Waals surface area contributed by atoms with Gasteiger partial charge in [-0.05, 0) is 82.4 Å². The third-order valence-corrected chi connectivity index (χ3v) is 6.11. The molecule has 1 aliphatic rings. The molecule has 7 heteroatoms. The number of carbonyl (C=O) groups excluding carboxylic acids is 3. The summed E-state index contributed by atoms with van der Waals surface area (Å²) >= 11 is 0. The molecule has 0 unspecified atom stereocenters. The van der Waals surface area contributed by atoms with Gasteiger partial charge in [0.05, 0.1) is 12.2 Å². The van der Waals surface area contributed by atoms with Gasteiger partial charge in [0.1, 0.15) is 6.10 Å². The average Bonchev–Trinajstić information content (AvgIpc) is 2.74. The highest BCUT2D eigenvalue weighted by atomic mass is 16.5. The van der Waals surface area contributed by atoms with Gasteiger partial charge in [-0.15, -0.1) is 0 Å². The van der Waals surface area contributed by atoms with Crippen LogP contribution in [-0.2, 0) is 19.1 Å². The quantitative estimate of drug-likeness (QED) is 0.379. The smallest absolute Gasteiger partial charge is 0.338 e. The van der Waals surface area contributed by atoms with Crippen LogP contribution in [0.15, 0.2) is 0 Å². The Bertz CT molecular complexity index is 828. The molecule has 0 saturated heterocycles. The van der Waals surface area contributed by atoms with E-state index in [9.17, 15) is 14.4 Å². The van der Waals surface area contributed by atoms with E-state index in [4.69, 9.17) is 9.47 Å². The fraction of sp³-hybridized carbons (Fsp3) is 0.640. The molecule has 1 aromatic rings. The Balaban J connectivity index is 1.84. The molecule has 0 aliphatic heterocycles. The van der Waals surface area contributed by atoms with Gasteiger partial charge in [-0.3, -0.25) is 9.59 Å². The number of hydrogen-bond acceptors (Lipinski definition) is 6. The number of benzene rings is 1. The van der Waals surface area contributed by atoms with Crippen LogP contribution in [0.3, 0.4) is 0 Å². The van der Waals surface area contributed by atoms with Gasteiger partial charge in [-0.2, -0.15) is 0 Å². The molecule has 1 aliphatic carbocycles. The molecule has 0 bridgehead atoms. The molecule has 0 atom stereocenters. The minimum Gasteiger partial charge on any atom is -0.462 e. The van der Waals surface area contributed by atoms with Crippen molar-refractivity contribution in [1.82, 2.24) is 0 Å². The number of hydrogen-bond donors (Lipinski definition) is 2. The van der Waals surface area contributed by atoms with Gasteiger partial charge < -0.3 is 20.1 Å². The Labute approximate surface area is 191 Å². The molecule has 1 saturated carbocycles. The van der Waals surface area contributed by atoms with Gasteiger partial charge >= 0.3 is 11.9 Å². The zero-order chi connectivity index (χ0) is 23.7. The third-order valence-electron chi connectivity index (χ3n) is 6.11. The summed E-state index contributed by atoms with van der Waals surface area (Å²) in [5, 5.41) is 5.95. The second-order valence-corrected chi connectivity index (χ2v) is 8.63. The lowest BCUT2D eigenvalue weighted by molar-refractivity contribution is -0.150. The average molecular weight is 447 g/mol. The standard InChI is InChI=1S/C25H38N2O5/c1-16-22(17(2)24(27-19(4)28)18(3)23(16)26-5)25(30)31-15-11-7-10-14-21(29)32-20-12-8-6-9-13-20/h20,26H,6-15H2,1-5H3,(H,27,28). The van der Waals surface area contributed by atoms with Crippen molar-refractivity contribution in [2.24, 2.45) is 0 Å². The van der Waals surface area contributed by atoms with E-state index < -0.39 is 5.97 Å². The predicted molar refractivity (Wildman–Crippen MR) is 126 cm³/mol. The first kappa shape index (κ1) is 25.7. The molecule has 1 aromatic carbocycles. The summed E-state index contributed by atoms with van der Waals surface area (Å²) in [4.78, 5) is 36.4. The summed E-state index contributed by atoms with van der Waals surface area (Å²) in [5.41, 5.74) is 4.30. The maximum absolute atomic E-state index is 12.8. The normalized spacial score (nSPS) is 14.0. The van der Waals surface area contributed by atoms with Crippen LogP contribution in [0, 0.1) is 20.8 Å². The highest BCUT2D eigenvalue weighted by molar-refractivity contribution is 6.00. The zero-order valence-corrected chi connectivity index (χ0v) is 20.2. The van der Waals surface area contributed by atoms with Crippen molar-refractivity contribution in [3.8, 4) is 0 Å². The molecule has 2 rings (SSSR count). The van der Waals surface area contributed by atoms with Crippen LogP contribution in [-0.4, -0.2) is 37.6 Å². The monoisotopic (exact) mass is 446 g/mol. The lowest BCUT2D eigenvalue weighted by atomic mass is 9.94. The minimum atomic E-state index is -0.403. The van der Waals surface area contributed by atoms with Crippen LogP contribution in [0.4, 0.5) is 11.4 Å². The van der Waals surface area contributed by atoms with E-state index in [2.05, 4.69) is 10.6 Å². The molecule has 0 spiro atoms. The SMILES string of the molecule is CNc1c(C)c(NC(C)=O)c(C)c(C(=O)OCCCCCC(=O)OC2CCCCC2)c1C. The van der Waals surface area contributed by atoms with E-state index in [1.807, 2.05) is 20.8 Å². The number of anilines is 2. The van der Waals surface area contributed by atoms with E-state index in [-0.39, 0.29) is 24.6 Å². The second-order valence-electron chi connectivity index (χ2n) is 8.63. The van der Waals surface area contributed by atoms with Crippen molar-refractivity contribution >= 4 is 29.2 Å². The van der Waals surface area contributed by atoms with Gasteiger partial charge in [0, 0.05) is 31.8 Å². The molecule has 1 amide bonds. The minimum absolute atomic E-state index is 0.100. The van der Waals surface area contributed by atoms with E-state index >= 15 is 0 Å². The molecule has 0 aromatic heterocycles. The summed E-state index contributed by atoms with van der Waals surface area (Å²) in [6, 6.07) is 0. The Morgan fingerprint density at radius 2 is 1.56 bits per heavy atom. The lowest BCUT2D eigenvalue weighted by Gasteiger charge is -2.21. The largest absolute Gasteiger partial charge is 0.462 e. The zero-order valence-electron chi connectivity index (χ0n) is 20.2. The van der Waals surface area contributed by atoms with Crippen molar-refractivity contribution in [3.63, 3.8) is 0 Å². The molecule has 0 radical (unpaired) electrons. The maximum Gasteiger partial charge on any atom is 0.338 e.